The van der Waals surface area contributed by atoms with Crippen molar-refractivity contribution in [1.29, 1.82) is 0 Å². The number of ether oxygens (including phenoxy) is 2. The lowest BCUT2D eigenvalue weighted by molar-refractivity contribution is -0.138. The van der Waals surface area contributed by atoms with Crippen LogP contribution in [0.4, 0.5) is 0 Å². The fraction of sp³-hybridized carbons (Fsp3) is 0.300. The van der Waals surface area contributed by atoms with Gasteiger partial charge in [-0.15, -0.1) is 0 Å². The standard InChI is InChI=1S/C20H20N4O5/c1-28-17-8-11-5-6-24(16(10-19(25)26)13(11)9-18(17)29-2)20(27)12-3-4-14-15(7-12)22-23-21-14/h3-4,7-9,16H,5-6,10H2,1-2H3,(H,25,26)(H,21,22,23). The zero-order chi connectivity index (χ0) is 20.5. The molecule has 2 heterocycles. The highest BCUT2D eigenvalue weighted by Crippen LogP contribution is 2.40. The summed E-state index contributed by atoms with van der Waals surface area (Å²) < 4.78 is 10.7. The number of H-pyrrole nitrogens is 1. The normalized spacial score (nSPS) is 15.8. The molecule has 1 aromatic heterocycles. The molecular weight excluding hydrogens is 376 g/mol. The van der Waals surface area contributed by atoms with Crippen LogP contribution in [0.5, 0.6) is 11.5 Å². The van der Waals surface area contributed by atoms with E-state index in [-0.39, 0.29) is 12.3 Å². The van der Waals surface area contributed by atoms with Crippen molar-refractivity contribution >= 4 is 22.9 Å². The summed E-state index contributed by atoms with van der Waals surface area (Å²) in [6.07, 6.45) is 0.379. The first kappa shape index (κ1) is 18.7. The van der Waals surface area contributed by atoms with Crippen molar-refractivity contribution < 1.29 is 24.2 Å². The molecule has 2 aromatic carbocycles. The summed E-state index contributed by atoms with van der Waals surface area (Å²) in [6.45, 7) is 0.399. The van der Waals surface area contributed by atoms with Crippen LogP contribution < -0.4 is 9.47 Å². The van der Waals surface area contributed by atoms with Gasteiger partial charge >= 0.3 is 5.97 Å². The van der Waals surface area contributed by atoms with Gasteiger partial charge in [0.2, 0.25) is 0 Å². The van der Waals surface area contributed by atoms with Crippen LogP contribution >= 0.6 is 0 Å². The molecule has 4 rings (SSSR count). The number of benzene rings is 2. The van der Waals surface area contributed by atoms with E-state index in [4.69, 9.17) is 9.47 Å². The Morgan fingerprint density at radius 2 is 1.86 bits per heavy atom. The molecule has 0 saturated heterocycles. The van der Waals surface area contributed by atoms with E-state index in [1.165, 1.54) is 7.11 Å². The molecule has 3 aromatic rings. The molecule has 1 unspecified atom stereocenters. The first-order valence-electron chi connectivity index (χ1n) is 9.10. The average molecular weight is 396 g/mol. The van der Waals surface area contributed by atoms with Crippen LogP contribution in [0.3, 0.4) is 0 Å². The Labute approximate surface area is 166 Å². The largest absolute Gasteiger partial charge is 0.493 e. The third kappa shape index (κ3) is 3.35. The molecule has 9 nitrogen and oxygen atoms in total. The van der Waals surface area contributed by atoms with E-state index < -0.39 is 12.0 Å². The molecule has 0 aliphatic carbocycles. The van der Waals surface area contributed by atoms with Crippen LogP contribution in [0.15, 0.2) is 30.3 Å². The summed E-state index contributed by atoms with van der Waals surface area (Å²) >= 11 is 0. The average Bonchev–Trinajstić information content (AvgIpc) is 3.20. The Morgan fingerprint density at radius 1 is 1.14 bits per heavy atom. The van der Waals surface area contributed by atoms with Crippen LogP contribution in [0, 0.1) is 0 Å². The second kappa shape index (κ2) is 7.42. The van der Waals surface area contributed by atoms with Gasteiger partial charge in [0.15, 0.2) is 11.5 Å². The Balaban J connectivity index is 1.75. The Bertz CT molecular complexity index is 1090. The molecule has 9 heteroatoms. The number of carboxylic acid groups (broad SMARTS) is 1. The van der Waals surface area contributed by atoms with Gasteiger partial charge in [-0.2, -0.15) is 15.4 Å². The minimum atomic E-state index is -0.984. The third-order valence-electron chi connectivity index (χ3n) is 5.19. The lowest BCUT2D eigenvalue weighted by Gasteiger charge is -2.37. The number of carboxylic acids is 1. The second-order valence-corrected chi connectivity index (χ2v) is 6.80. The second-order valence-electron chi connectivity index (χ2n) is 6.80. The quantitative estimate of drug-likeness (QED) is 0.679. The summed E-state index contributed by atoms with van der Waals surface area (Å²) in [6, 6.07) is 8.05. The number of rotatable bonds is 5. The van der Waals surface area contributed by atoms with Gasteiger partial charge in [-0.3, -0.25) is 9.59 Å². The maximum atomic E-state index is 13.3. The first-order chi connectivity index (χ1) is 14.0. The smallest absolute Gasteiger partial charge is 0.305 e. The van der Waals surface area contributed by atoms with Crippen LogP contribution in [0.25, 0.3) is 11.0 Å². The Kier molecular flexibility index (Phi) is 4.79. The monoisotopic (exact) mass is 396 g/mol. The zero-order valence-electron chi connectivity index (χ0n) is 16.0. The maximum absolute atomic E-state index is 13.3. The molecule has 0 radical (unpaired) electrons. The number of hydrogen-bond acceptors (Lipinski definition) is 6. The molecule has 1 atom stereocenters. The summed E-state index contributed by atoms with van der Waals surface area (Å²) in [5, 5.41) is 20.0. The van der Waals surface area contributed by atoms with Gasteiger partial charge in [0, 0.05) is 12.1 Å². The van der Waals surface area contributed by atoms with Crippen molar-refractivity contribution in [3.05, 3.63) is 47.0 Å². The zero-order valence-corrected chi connectivity index (χ0v) is 16.0. The summed E-state index contributed by atoms with van der Waals surface area (Å²) in [7, 11) is 3.08. The molecular formula is C20H20N4O5. The number of carbonyl (C=O) groups excluding carboxylic acids is 1. The van der Waals surface area contributed by atoms with Crippen molar-refractivity contribution in [2.75, 3.05) is 20.8 Å². The van der Waals surface area contributed by atoms with Crippen molar-refractivity contribution in [2.45, 2.75) is 18.9 Å². The van der Waals surface area contributed by atoms with Crippen molar-refractivity contribution in [3.63, 3.8) is 0 Å². The van der Waals surface area contributed by atoms with Crippen LogP contribution in [0.1, 0.15) is 33.9 Å². The number of nitrogens with zero attached hydrogens (tertiary/aromatic N) is 3. The number of amides is 1. The number of fused-ring (bicyclic) bond motifs is 2. The van der Waals surface area contributed by atoms with E-state index in [2.05, 4.69) is 15.4 Å². The van der Waals surface area contributed by atoms with Crippen LogP contribution in [-0.4, -0.2) is 58.1 Å². The van der Waals surface area contributed by atoms with Gasteiger partial charge in [-0.25, -0.2) is 0 Å². The van der Waals surface area contributed by atoms with Gasteiger partial charge < -0.3 is 19.5 Å². The third-order valence-corrected chi connectivity index (χ3v) is 5.19. The number of aromatic amines is 1. The molecule has 0 bridgehead atoms. The Hall–Kier alpha value is -3.62. The summed E-state index contributed by atoms with van der Waals surface area (Å²) in [5.74, 6) is -0.152. The van der Waals surface area contributed by atoms with Gasteiger partial charge in [0.1, 0.15) is 11.0 Å². The summed E-state index contributed by atoms with van der Waals surface area (Å²) in [4.78, 5) is 26.4. The van der Waals surface area contributed by atoms with E-state index in [0.29, 0.717) is 41.1 Å². The van der Waals surface area contributed by atoms with Crippen molar-refractivity contribution in [1.82, 2.24) is 20.3 Å². The lowest BCUT2D eigenvalue weighted by atomic mass is 9.89. The van der Waals surface area contributed by atoms with Crippen molar-refractivity contribution in [3.8, 4) is 11.5 Å². The first-order valence-corrected chi connectivity index (χ1v) is 9.10. The molecule has 0 spiro atoms. The fourth-order valence-corrected chi connectivity index (χ4v) is 3.80. The maximum Gasteiger partial charge on any atom is 0.305 e. The molecule has 1 aliphatic rings. The molecule has 150 valence electrons. The minimum absolute atomic E-state index is 0.208. The van der Waals surface area contributed by atoms with Gasteiger partial charge in [-0.05, 0) is 47.9 Å². The summed E-state index contributed by atoms with van der Waals surface area (Å²) in [5.41, 5.74) is 3.38. The minimum Gasteiger partial charge on any atom is -0.493 e. The van der Waals surface area contributed by atoms with E-state index in [1.54, 1.807) is 36.3 Å². The van der Waals surface area contributed by atoms with Gasteiger partial charge in [0.25, 0.3) is 5.91 Å². The van der Waals surface area contributed by atoms with Crippen molar-refractivity contribution in [2.24, 2.45) is 0 Å². The highest BCUT2D eigenvalue weighted by molar-refractivity contribution is 5.97. The topological polar surface area (TPSA) is 118 Å². The molecule has 2 N–H and O–H groups in total. The lowest BCUT2D eigenvalue weighted by Crippen LogP contribution is -2.41. The molecule has 29 heavy (non-hydrogen) atoms. The van der Waals surface area contributed by atoms with E-state index >= 15 is 0 Å². The van der Waals surface area contributed by atoms with Gasteiger partial charge in [-0.1, -0.05) is 0 Å². The van der Waals surface area contributed by atoms with E-state index in [1.807, 2.05) is 6.07 Å². The van der Waals surface area contributed by atoms with E-state index in [0.717, 1.165) is 11.1 Å². The molecule has 1 aliphatic heterocycles. The van der Waals surface area contributed by atoms with Gasteiger partial charge in [0.05, 0.1) is 26.7 Å². The SMILES string of the molecule is COc1cc2c(cc1OC)C(CC(=O)O)N(C(=O)c1ccc3n[nH]nc3c1)CC2. The van der Waals surface area contributed by atoms with Crippen LogP contribution in [0.2, 0.25) is 0 Å². The van der Waals surface area contributed by atoms with Crippen LogP contribution in [-0.2, 0) is 11.2 Å². The van der Waals surface area contributed by atoms with E-state index in [9.17, 15) is 14.7 Å². The number of aliphatic carboxylic acids is 1. The predicted molar refractivity (Wildman–Crippen MR) is 103 cm³/mol. The Morgan fingerprint density at radius 3 is 2.59 bits per heavy atom. The number of carbonyl (C=O) groups is 2. The highest BCUT2D eigenvalue weighted by Gasteiger charge is 2.34. The predicted octanol–water partition coefficient (Wildman–Crippen LogP) is 2.19. The number of nitrogens with one attached hydrogen (secondary N) is 1. The fourth-order valence-electron chi connectivity index (χ4n) is 3.80. The molecule has 1 amide bonds. The number of aromatic nitrogens is 3. The molecule has 0 saturated carbocycles. The molecule has 0 fully saturated rings. The highest BCUT2D eigenvalue weighted by atomic mass is 16.5. The number of hydrogen-bond donors (Lipinski definition) is 2. The number of methoxy groups -OCH3 is 2.